The first-order valence-electron chi connectivity index (χ1n) is 7.33. The molecule has 0 spiro atoms. The van der Waals surface area contributed by atoms with Crippen LogP contribution in [0.3, 0.4) is 0 Å². The highest BCUT2D eigenvalue weighted by Crippen LogP contribution is 2.25. The zero-order chi connectivity index (χ0) is 18.1. The summed E-state index contributed by atoms with van der Waals surface area (Å²) in [5, 5.41) is 14.1. The molecule has 2 aromatic rings. The van der Waals surface area contributed by atoms with E-state index in [1.807, 2.05) is 0 Å². The molecule has 9 heteroatoms. The summed E-state index contributed by atoms with van der Waals surface area (Å²) >= 11 is 5.86. The average molecular weight is 366 g/mol. The topological polar surface area (TPSA) is 100 Å². The number of aromatic nitrogens is 1. The third-order valence-corrected chi connectivity index (χ3v) is 4.13. The third kappa shape index (κ3) is 3.48. The molecule has 25 heavy (non-hydrogen) atoms. The van der Waals surface area contributed by atoms with Gasteiger partial charge in [-0.2, -0.15) is 0 Å². The van der Waals surface area contributed by atoms with E-state index in [4.69, 9.17) is 16.7 Å². The molecule has 2 amide bonds. The Hall–Kier alpha value is -2.87. The molecule has 0 saturated carbocycles. The van der Waals surface area contributed by atoms with Crippen molar-refractivity contribution in [1.82, 2.24) is 9.88 Å². The number of halogens is 2. The van der Waals surface area contributed by atoms with Crippen molar-refractivity contribution in [3.8, 4) is 0 Å². The zero-order valence-corrected chi connectivity index (χ0v) is 13.5. The Morgan fingerprint density at radius 3 is 2.84 bits per heavy atom. The predicted octanol–water partition coefficient (Wildman–Crippen LogP) is 2.29. The second kappa shape index (κ2) is 6.56. The molecule has 1 aromatic heterocycles. The standard InChI is InChI=1S/C16H13ClFN3O4/c17-12-3-8(18)1-2-11(12)15(24)20-9-4-13-16(25)19-6-10(5-14(22)23)21(13)7-9/h1-4,7,10H,5-6H2,(H,19,25)(H,20,24)(H,22,23). The second-order valence-electron chi connectivity index (χ2n) is 5.56. The average Bonchev–Trinajstić information content (AvgIpc) is 2.94. The lowest BCUT2D eigenvalue weighted by molar-refractivity contribution is -0.137. The zero-order valence-electron chi connectivity index (χ0n) is 12.8. The highest BCUT2D eigenvalue weighted by atomic mass is 35.5. The van der Waals surface area contributed by atoms with Crippen LogP contribution in [0.25, 0.3) is 0 Å². The van der Waals surface area contributed by atoms with Crippen LogP contribution in [-0.4, -0.2) is 34.0 Å². The van der Waals surface area contributed by atoms with Crippen LogP contribution in [-0.2, 0) is 4.79 Å². The minimum absolute atomic E-state index is 0.0389. The molecule has 0 fully saturated rings. The van der Waals surface area contributed by atoms with Gasteiger partial charge in [-0.1, -0.05) is 11.6 Å². The number of amides is 2. The molecule has 0 saturated heterocycles. The molecule has 1 aliphatic rings. The van der Waals surface area contributed by atoms with Crippen molar-refractivity contribution < 1.29 is 23.9 Å². The van der Waals surface area contributed by atoms with Gasteiger partial charge in [0.05, 0.1) is 28.7 Å². The van der Waals surface area contributed by atoms with Gasteiger partial charge in [0.1, 0.15) is 11.5 Å². The normalized spacial score (nSPS) is 16.1. The second-order valence-corrected chi connectivity index (χ2v) is 5.97. The first-order chi connectivity index (χ1) is 11.8. The Morgan fingerprint density at radius 2 is 2.16 bits per heavy atom. The van der Waals surface area contributed by atoms with Gasteiger partial charge in [-0.05, 0) is 24.3 Å². The first kappa shape index (κ1) is 17.0. The molecule has 1 aliphatic heterocycles. The highest BCUT2D eigenvalue weighted by Gasteiger charge is 2.27. The Balaban J connectivity index is 1.85. The van der Waals surface area contributed by atoms with Crippen LogP contribution in [0.5, 0.6) is 0 Å². The fraction of sp³-hybridized carbons (Fsp3) is 0.188. The van der Waals surface area contributed by atoms with Crippen LogP contribution in [0.1, 0.15) is 33.3 Å². The van der Waals surface area contributed by atoms with Gasteiger partial charge in [0.15, 0.2) is 0 Å². The van der Waals surface area contributed by atoms with Gasteiger partial charge in [-0.15, -0.1) is 0 Å². The monoisotopic (exact) mass is 365 g/mol. The molecular formula is C16H13ClFN3O4. The lowest BCUT2D eigenvalue weighted by Gasteiger charge is -2.24. The largest absolute Gasteiger partial charge is 0.481 e. The molecule has 3 rings (SSSR count). The van der Waals surface area contributed by atoms with Crippen molar-refractivity contribution in [1.29, 1.82) is 0 Å². The molecule has 7 nitrogen and oxygen atoms in total. The first-order valence-corrected chi connectivity index (χ1v) is 7.71. The maximum Gasteiger partial charge on any atom is 0.305 e. The minimum atomic E-state index is -0.996. The van der Waals surface area contributed by atoms with Crippen molar-refractivity contribution in [3.63, 3.8) is 0 Å². The van der Waals surface area contributed by atoms with E-state index in [1.54, 1.807) is 0 Å². The van der Waals surface area contributed by atoms with E-state index in [0.717, 1.165) is 12.1 Å². The van der Waals surface area contributed by atoms with Crippen LogP contribution in [0, 0.1) is 5.82 Å². The van der Waals surface area contributed by atoms with Gasteiger partial charge in [0.25, 0.3) is 11.8 Å². The number of nitrogens with zero attached hydrogens (tertiary/aromatic N) is 1. The summed E-state index contributed by atoms with van der Waals surface area (Å²) in [6, 6.07) is 4.38. The van der Waals surface area contributed by atoms with Gasteiger partial charge in [0.2, 0.25) is 0 Å². The number of hydrogen-bond donors (Lipinski definition) is 3. The lowest BCUT2D eigenvalue weighted by atomic mass is 10.1. The number of carbonyl (C=O) groups excluding carboxylic acids is 2. The van der Waals surface area contributed by atoms with E-state index in [2.05, 4.69) is 10.6 Å². The maximum absolute atomic E-state index is 13.1. The molecule has 1 unspecified atom stereocenters. The smallest absolute Gasteiger partial charge is 0.305 e. The number of carboxylic acids is 1. The summed E-state index contributed by atoms with van der Waals surface area (Å²) in [4.78, 5) is 35.2. The summed E-state index contributed by atoms with van der Waals surface area (Å²) < 4.78 is 14.6. The van der Waals surface area contributed by atoms with E-state index in [1.165, 1.54) is 22.9 Å². The molecule has 3 N–H and O–H groups in total. The highest BCUT2D eigenvalue weighted by molar-refractivity contribution is 6.34. The van der Waals surface area contributed by atoms with Gasteiger partial charge in [-0.3, -0.25) is 14.4 Å². The Morgan fingerprint density at radius 1 is 1.40 bits per heavy atom. The molecule has 0 aliphatic carbocycles. The Bertz CT molecular complexity index is 880. The van der Waals surface area contributed by atoms with E-state index >= 15 is 0 Å². The van der Waals surface area contributed by atoms with Gasteiger partial charge in [-0.25, -0.2) is 4.39 Å². The lowest BCUT2D eigenvalue weighted by Crippen LogP contribution is -2.39. The Kier molecular flexibility index (Phi) is 4.45. The Labute approximate surface area is 146 Å². The molecule has 130 valence electrons. The van der Waals surface area contributed by atoms with E-state index in [9.17, 15) is 18.8 Å². The number of aliphatic carboxylic acids is 1. The number of carbonyl (C=O) groups is 3. The van der Waals surface area contributed by atoms with Crippen molar-refractivity contribution in [2.45, 2.75) is 12.5 Å². The van der Waals surface area contributed by atoms with E-state index in [0.29, 0.717) is 5.69 Å². The predicted molar refractivity (Wildman–Crippen MR) is 87.4 cm³/mol. The number of carboxylic acid groups (broad SMARTS) is 1. The molecule has 1 aromatic carbocycles. The van der Waals surface area contributed by atoms with E-state index < -0.39 is 23.7 Å². The third-order valence-electron chi connectivity index (χ3n) is 3.82. The maximum atomic E-state index is 13.1. The van der Waals surface area contributed by atoms with Crippen LogP contribution < -0.4 is 10.6 Å². The van der Waals surface area contributed by atoms with Gasteiger partial charge >= 0.3 is 5.97 Å². The van der Waals surface area contributed by atoms with Gasteiger partial charge < -0.3 is 20.3 Å². The molecular weight excluding hydrogens is 353 g/mol. The number of nitrogens with one attached hydrogen (secondary N) is 2. The van der Waals surface area contributed by atoms with Gasteiger partial charge in [0, 0.05) is 12.7 Å². The number of rotatable bonds is 4. The number of benzene rings is 1. The molecule has 1 atom stereocenters. The van der Waals surface area contributed by atoms with Crippen LogP contribution in [0.4, 0.5) is 10.1 Å². The molecule has 2 heterocycles. The fourth-order valence-electron chi connectivity index (χ4n) is 2.68. The summed E-state index contributed by atoms with van der Waals surface area (Å²) in [7, 11) is 0. The number of fused-ring (bicyclic) bond motifs is 1. The summed E-state index contributed by atoms with van der Waals surface area (Å²) in [5.74, 6) is -2.48. The quantitative estimate of drug-likeness (QED) is 0.773. The summed E-state index contributed by atoms with van der Waals surface area (Å²) in [6.45, 7) is 0.185. The fourth-order valence-corrected chi connectivity index (χ4v) is 2.93. The van der Waals surface area contributed by atoms with Crippen molar-refractivity contribution in [2.24, 2.45) is 0 Å². The SMILES string of the molecule is O=C(O)CC1CNC(=O)c2cc(NC(=O)c3ccc(F)cc3Cl)cn21. The van der Waals surface area contributed by atoms with E-state index in [-0.39, 0.29) is 35.2 Å². The molecule has 0 radical (unpaired) electrons. The van der Waals surface area contributed by atoms with Crippen LogP contribution >= 0.6 is 11.6 Å². The van der Waals surface area contributed by atoms with Crippen LogP contribution in [0.2, 0.25) is 5.02 Å². The number of hydrogen-bond acceptors (Lipinski definition) is 3. The summed E-state index contributed by atoms with van der Waals surface area (Å²) in [5.41, 5.74) is 0.643. The van der Waals surface area contributed by atoms with Crippen molar-refractivity contribution in [3.05, 3.63) is 52.6 Å². The van der Waals surface area contributed by atoms with Crippen molar-refractivity contribution >= 4 is 35.1 Å². The van der Waals surface area contributed by atoms with Crippen molar-refractivity contribution in [2.75, 3.05) is 11.9 Å². The minimum Gasteiger partial charge on any atom is -0.481 e. The molecule has 0 bridgehead atoms. The van der Waals surface area contributed by atoms with Crippen LogP contribution in [0.15, 0.2) is 30.5 Å². The summed E-state index contributed by atoms with van der Waals surface area (Å²) in [6.07, 6.45) is 1.33. The number of anilines is 1.